The molecule has 9 heteroatoms. The molecule has 1 atom stereocenters. The lowest BCUT2D eigenvalue weighted by molar-refractivity contribution is -0.116. The van der Waals surface area contributed by atoms with Crippen LogP contribution in [0.4, 0.5) is 9.80 Å². The molecule has 0 saturated heterocycles. The van der Waals surface area contributed by atoms with Crippen molar-refractivity contribution in [3.63, 3.8) is 0 Å². The predicted octanol–water partition coefficient (Wildman–Crippen LogP) is 4.24. The highest BCUT2D eigenvalue weighted by molar-refractivity contribution is 7.16. The van der Waals surface area contributed by atoms with Crippen molar-refractivity contribution in [3.8, 4) is 6.07 Å². The SMILES string of the molecule is C[C@@H](CC(=O)Nc1sc2c(c1C#N)CCN(C(=O)OCc1cccnc1)C2)c1cccnc1. The lowest BCUT2D eigenvalue weighted by Crippen LogP contribution is -2.35. The van der Waals surface area contributed by atoms with Gasteiger partial charge >= 0.3 is 6.09 Å². The molecule has 8 nitrogen and oxygen atoms in total. The van der Waals surface area contributed by atoms with Crippen LogP contribution in [0.25, 0.3) is 0 Å². The van der Waals surface area contributed by atoms with Gasteiger partial charge in [0, 0.05) is 48.2 Å². The van der Waals surface area contributed by atoms with E-state index in [1.165, 1.54) is 11.3 Å². The molecule has 0 aliphatic carbocycles. The Labute approximate surface area is 195 Å². The summed E-state index contributed by atoms with van der Waals surface area (Å²) < 4.78 is 5.41. The summed E-state index contributed by atoms with van der Waals surface area (Å²) in [7, 11) is 0. The van der Waals surface area contributed by atoms with Gasteiger partial charge in [-0.2, -0.15) is 5.26 Å². The molecule has 0 fully saturated rings. The molecule has 0 bridgehead atoms. The smallest absolute Gasteiger partial charge is 0.410 e. The van der Waals surface area contributed by atoms with E-state index in [4.69, 9.17) is 4.74 Å². The number of hydrogen-bond acceptors (Lipinski definition) is 7. The van der Waals surface area contributed by atoms with Crippen LogP contribution in [-0.4, -0.2) is 33.4 Å². The summed E-state index contributed by atoms with van der Waals surface area (Å²) in [5.74, 6) is -0.155. The maximum atomic E-state index is 12.6. The Hall–Kier alpha value is -3.77. The van der Waals surface area contributed by atoms with Crippen molar-refractivity contribution in [2.24, 2.45) is 0 Å². The second kappa shape index (κ2) is 10.2. The molecule has 0 spiro atoms. The highest BCUT2D eigenvalue weighted by Crippen LogP contribution is 2.37. The van der Waals surface area contributed by atoms with Crippen LogP contribution in [0.5, 0.6) is 0 Å². The van der Waals surface area contributed by atoms with Crippen molar-refractivity contribution >= 4 is 28.3 Å². The first kappa shape index (κ1) is 22.4. The van der Waals surface area contributed by atoms with Crippen LogP contribution in [-0.2, 0) is 29.1 Å². The molecule has 0 saturated carbocycles. The van der Waals surface area contributed by atoms with Crippen molar-refractivity contribution in [2.75, 3.05) is 11.9 Å². The second-order valence-corrected chi connectivity index (χ2v) is 8.95. The van der Waals surface area contributed by atoms with E-state index in [0.29, 0.717) is 30.1 Å². The number of anilines is 1. The minimum Gasteiger partial charge on any atom is -0.444 e. The summed E-state index contributed by atoms with van der Waals surface area (Å²) in [5, 5.41) is 13.2. The molecule has 0 aromatic carbocycles. The van der Waals surface area contributed by atoms with Gasteiger partial charge in [-0.3, -0.25) is 14.8 Å². The minimum atomic E-state index is -0.410. The standard InChI is InChI=1S/C24H23N5O3S/c1-16(18-5-3-8-27-13-18)10-22(30)28-23-20(11-25)19-6-9-29(14-21(19)33-23)24(31)32-15-17-4-2-7-26-12-17/h2-5,7-8,12-13,16H,6,9-10,14-15H2,1H3,(H,28,30)/t16-/m0/s1. The fraction of sp³-hybridized carbons (Fsp3) is 0.292. The lowest BCUT2D eigenvalue weighted by atomic mass is 9.99. The van der Waals surface area contributed by atoms with Crippen LogP contribution in [0.3, 0.4) is 0 Å². The number of hydrogen-bond donors (Lipinski definition) is 1. The lowest BCUT2D eigenvalue weighted by Gasteiger charge is -2.26. The Bertz CT molecular complexity index is 1170. The molecule has 4 rings (SSSR count). The first-order chi connectivity index (χ1) is 16.0. The molecule has 3 aromatic rings. The number of carbonyl (C=O) groups excluding carboxylic acids is 2. The number of nitrogens with zero attached hydrogens (tertiary/aromatic N) is 4. The van der Waals surface area contributed by atoms with Gasteiger partial charge in [-0.05, 0) is 35.6 Å². The van der Waals surface area contributed by atoms with E-state index in [1.54, 1.807) is 35.8 Å². The molecule has 168 valence electrons. The van der Waals surface area contributed by atoms with E-state index in [2.05, 4.69) is 21.4 Å². The number of amides is 2. The quantitative estimate of drug-likeness (QED) is 0.588. The summed E-state index contributed by atoms with van der Waals surface area (Å²) in [4.78, 5) is 35.8. The number of nitriles is 1. The normalized spacial score (nSPS) is 13.5. The maximum absolute atomic E-state index is 12.6. The van der Waals surface area contributed by atoms with Crippen molar-refractivity contribution in [2.45, 2.75) is 38.8 Å². The molecule has 1 aliphatic rings. The molecule has 1 N–H and O–H groups in total. The summed E-state index contributed by atoms with van der Waals surface area (Å²) >= 11 is 1.35. The molecule has 33 heavy (non-hydrogen) atoms. The zero-order valence-corrected chi connectivity index (χ0v) is 19.0. The van der Waals surface area contributed by atoms with Gasteiger partial charge in [0.15, 0.2) is 0 Å². The van der Waals surface area contributed by atoms with Gasteiger partial charge in [0.05, 0.1) is 12.1 Å². The zero-order valence-electron chi connectivity index (χ0n) is 18.2. The van der Waals surface area contributed by atoms with E-state index in [0.717, 1.165) is 21.6 Å². The summed E-state index contributed by atoms with van der Waals surface area (Å²) in [6.45, 7) is 2.93. The van der Waals surface area contributed by atoms with E-state index >= 15 is 0 Å². The number of nitrogens with one attached hydrogen (secondary N) is 1. The molecule has 0 radical (unpaired) electrons. The molecule has 0 unspecified atom stereocenters. The summed E-state index contributed by atoms with van der Waals surface area (Å²) in [5.41, 5.74) is 3.19. The first-order valence-corrected chi connectivity index (χ1v) is 11.4. The van der Waals surface area contributed by atoms with Crippen LogP contribution < -0.4 is 5.32 Å². The largest absolute Gasteiger partial charge is 0.444 e. The third-order valence-corrected chi connectivity index (χ3v) is 6.64. The van der Waals surface area contributed by atoms with Crippen molar-refractivity contribution in [1.82, 2.24) is 14.9 Å². The topological polar surface area (TPSA) is 108 Å². The third-order valence-electron chi connectivity index (χ3n) is 5.51. The van der Waals surface area contributed by atoms with Crippen LogP contribution in [0.1, 0.15) is 46.4 Å². The Morgan fingerprint density at radius 2 is 2.06 bits per heavy atom. The van der Waals surface area contributed by atoms with Crippen molar-refractivity contribution in [1.29, 1.82) is 5.26 Å². The van der Waals surface area contributed by atoms with E-state index in [1.807, 2.05) is 25.1 Å². The van der Waals surface area contributed by atoms with Gasteiger partial charge < -0.3 is 15.0 Å². The number of thiophene rings is 1. The zero-order chi connectivity index (χ0) is 23.2. The number of carbonyl (C=O) groups is 2. The fourth-order valence-electron chi connectivity index (χ4n) is 3.73. The Kier molecular flexibility index (Phi) is 6.95. The minimum absolute atomic E-state index is 0.00361. The molecule has 3 aromatic heterocycles. The van der Waals surface area contributed by atoms with Gasteiger partial charge in [0.2, 0.25) is 5.91 Å². The first-order valence-electron chi connectivity index (χ1n) is 10.6. The number of aromatic nitrogens is 2. The second-order valence-electron chi connectivity index (χ2n) is 7.85. The van der Waals surface area contributed by atoms with Gasteiger partial charge in [0.1, 0.15) is 17.7 Å². The van der Waals surface area contributed by atoms with E-state index < -0.39 is 6.09 Å². The monoisotopic (exact) mass is 461 g/mol. The average Bonchev–Trinajstić information content (AvgIpc) is 3.19. The van der Waals surface area contributed by atoms with E-state index in [-0.39, 0.29) is 24.9 Å². The Morgan fingerprint density at radius 1 is 1.27 bits per heavy atom. The molecular weight excluding hydrogens is 438 g/mol. The highest BCUT2D eigenvalue weighted by Gasteiger charge is 2.28. The molecule has 2 amide bonds. The summed E-state index contributed by atoms with van der Waals surface area (Å²) in [6.07, 6.45) is 7.19. The third kappa shape index (κ3) is 5.35. The predicted molar refractivity (Wildman–Crippen MR) is 123 cm³/mol. The van der Waals surface area contributed by atoms with E-state index in [9.17, 15) is 14.9 Å². The van der Waals surface area contributed by atoms with Gasteiger partial charge in [0.25, 0.3) is 0 Å². The maximum Gasteiger partial charge on any atom is 0.410 e. The van der Waals surface area contributed by atoms with Gasteiger partial charge in [-0.15, -0.1) is 11.3 Å². The number of fused-ring (bicyclic) bond motifs is 1. The van der Waals surface area contributed by atoms with Crippen LogP contribution in [0.15, 0.2) is 49.1 Å². The van der Waals surface area contributed by atoms with Crippen molar-refractivity contribution < 1.29 is 14.3 Å². The number of rotatable bonds is 6. The Morgan fingerprint density at radius 3 is 2.76 bits per heavy atom. The number of pyridine rings is 2. The van der Waals surface area contributed by atoms with Crippen LogP contribution in [0, 0.1) is 11.3 Å². The molecule has 4 heterocycles. The van der Waals surface area contributed by atoms with Gasteiger partial charge in [-0.1, -0.05) is 19.1 Å². The van der Waals surface area contributed by atoms with Crippen LogP contribution >= 0.6 is 11.3 Å². The Balaban J connectivity index is 1.39. The molecule has 1 aliphatic heterocycles. The molecular formula is C24H23N5O3S. The van der Waals surface area contributed by atoms with Crippen molar-refractivity contribution in [3.05, 3.63) is 76.2 Å². The fourth-order valence-corrected chi connectivity index (χ4v) is 4.96. The highest BCUT2D eigenvalue weighted by atomic mass is 32.1. The van der Waals surface area contributed by atoms with Gasteiger partial charge in [-0.25, -0.2) is 4.79 Å². The average molecular weight is 462 g/mol. The number of ether oxygens (including phenoxy) is 1. The van der Waals surface area contributed by atoms with Crippen LogP contribution in [0.2, 0.25) is 0 Å². The summed E-state index contributed by atoms with van der Waals surface area (Å²) in [6, 6.07) is 9.65.